The summed E-state index contributed by atoms with van der Waals surface area (Å²) in [5, 5.41) is 4.31. The Morgan fingerprint density at radius 1 is 1.25 bits per heavy atom. The SMILES string of the molecule is CCn1cc(-c2nc(C(C)C)n(CC(C)C)c2N)cn1. The van der Waals surface area contributed by atoms with Gasteiger partial charge in [-0.3, -0.25) is 4.68 Å². The van der Waals surface area contributed by atoms with E-state index in [0.29, 0.717) is 11.8 Å². The number of aryl methyl sites for hydroxylation is 1. The van der Waals surface area contributed by atoms with Crippen molar-refractivity contribution < 1.29 is 0 Å². The van der Waals surface area contributed by atoms with Crippen molar-refractivity contribution >= 4 is 5.82 Å². The first-order valence-corrected chi connectivity index (χ1v) is 7.32. The van der Waals surface area contributed by atoms with Gasteiger partial charge < -0.3 is 10.3 Å². The van der Waals surface area contributed by atoms with E-state index in [1.165, 1.54) is 0 Å². The molecule has 0 bridgehead atoms. The van der Waals surface area contributed by atoms with E-state index in [9.17, 15) is 0 Å². The molecule has 2 aromatic rings. The lowest BCUT2D eigenvalue weighted by Gasteiger charge is -2.13. The molecule has 2 N–H and O–H groups in total. The van der Waals surface area contributed by atoms with Gasteiger partial charge in [0.1, 0.15) is 17.3 Å². The molecule has 0 fully saturated rings. The topological polar surface area (TPSA) is 61.7 Å². The Bertz CT molecular complexity index is 577. The van der Waals surface area contributed by atoms with E-state index >= 15 is 0 Å². The molecule has 0 aliphatic heterocycles. The highest BCUT2D eigenvalue weighted by Gasteiger charge is 2.19. The molecule has 2 aromatic heterocycles. The molecular weight excluding hydrogens is 250 g/mol. The Morgan fingerprint density at radius 3 is 2.45 bits per heavy atom. The molecule has 2 rings (SSSR count). The Labute approximate surface area is 120 Å². The predicted octanol–water partition coefficient (Wildman–Crippen LogP) is 3.13. The number of aromatic nitrogens is 4. The summed E-state index contributed by atoms with van der Waals surface area (Å²) < 4.78 is 4.04. The lowest BCUT2D eigenvalue weighted by molar-refractivity contribution is 0.502. The summed E-state index contributed by atoms with van der Waals surface area (Å²) in [5.41, 5.74) is 8.19. The first-order valence-electron chi connectivity index (χ1n) is 7.32. The fraction of sp³-hybridized carbons (Fsp3) is 0.600. The number of nitrogens with zero attached hydrogens (tertiary/aromatic N) is 4. The fourth-order valence-corrected chi connectivity index (χ4v) is 2.35. The van der Waals surface area contributed by atoms with Gasteiger partial charge >= 0.3 is 0 Å². The molecule has 0 aliphatic rings. The first kappa shape index (κ1) is 14.6. The van der Waals surface area contributed by atoms with Crippen molar-refractivity contribution in [2.45, 2.75) is 53.6 Å². The molecule has 20 heavy (non-hydrogen) atoms. The van der Waals surface area contributed by atoms with Crippen molar-refractivity contribution in [3.8, 4) is 11.3 Å². The molecule has 2 heterocycles. The average Bonchev–Trinajstić information content (AvgIpc) is 2.95. The molecule has 110 valence electrons. The van der Waals surface area contributed by atoms with Crippen LogP contribution in [-0.2, 0) is 13.1 Å². The Balaban J connectivity index is 2.48. The molecule has 0 unspecified atom stereocenters. The molecule has 5 nitrogen and oxygen atoms in total. The van der Waals surface area contributed by atoms with Gasteiger partial charge in [-0.1, -0.05) is 27.7 Å². The van der Waals surface area contributed by atoms with Gasteiger partial charge in [-0.25, -0.2) is 4.98 Å². The number of nitrogens with two attached hydrogens (primary N) is 1. The van der Waals surface area contributed by atoms with E-state index in [1.54, 1.807) is 0 Å². The number of nitrogen functional groups attached to an aromatic ring is 1. The lowest BCUT2D eigenvalue weighted by Crippen LogP contribution is -2.12. The number of hydrogen-bond acceptors (Lipinski definition) is 3. The Morgan fingerprint density at radius 2 is 1.95 bits per heavy atom. The molecule has 5 heteroatoms. The number of imidazole rings is 1. The lowest BCUT2D eigenvalue weighted by atomic mass is 10.2. The molecule has 0 saturated heterocycles. The van der Waals surface area contributed by atoms with Crippen molar-refractivity contribution in [3.05, 3.63) is 18.2 Å². The summed E-state index contributed by atoms with van der Waals surface area (Å²) in [6.07, 6.45) is 3.84. The molecule has 0 atom stereocenters. The van der Waals surface area contributed by atoms with E-state index in [1.807, 2.05) is 17.1 Å². The Kier molecular flexibility index (Phi) is 4.16. The fourth-order valence-electron chi connectivity index (χ4n) is 2.35. The largest absolute Gasteiger partial charge is 0.383 e. The zero-order valence-corrected chi connectivity index (χ0v) is 13.1. The average molecular weight is 275 g/mol. The molecule has 0 saturated carbocycles. The maximum Gasteiger partial charge on any atom is 0.131 e. The second-order valence-electron chi connectivity index (χ2n) is 5.95. The third kappa shape index (κ3) is 2.71. The number of hydrogen-bond donors (Lipinski definition) is 1. The van der Waals surface area contributed by atoms with Gasteiger partial charge in [-0.2, -0.15) is 5.10 Å². The minimum absolute atomic E-state index is 0.353. The molecule has 0 radical (unpaired) electrons. The van der Waals surface area contributed by atoms with Crippen LogP contribution in [0.15, 0.2) is 12.4 Å². The van der Waals surface area contributed by atoms with Crippen LogP contribution in [-0.4, -0.2) is 19.3 Å². The quantitative estimate of drug-likeness (QED) is 0.912. The minimum Gasteiger partial charge on any atom is -0.383 e. The molecule has 0 aliphatic carbocycles. The van der Waals surface area contributed by atoms with E-state index in [0.717, 1.165) is 36.0 Å². The van der Waals surface area contributed by atoms with Gasteiger partial charge in [0.2, 0.25) is 0 Å². The standard InChI is InChI=1S/C15H25N5/c1-6-19-9-12(7-17-19)13-14(16)20(8-10(2)3)15(18-13)11(4)5/h7,9-11H,6,8,16H2,1-5H3. The van der Waals surface area contributed by atoms with Crippen molar-refractivity contribution in [1.82, 2.24) is 19.3 Å². The summed E-state index contributed by atoms with van der Waals surface area (Å²) in [6.45, 7) is 12.5. The normalized spacial score (nSPS) is 11.8. The summed E-state index contributed by atoms with van der Waals surface area (Å²) >= 11 is 0. The van der Waals surface area contributed by atoms with Gasteiger partial charge in [-0.15, -0.1) is 0 Å². The van der Waals surface area contributed by atoms with E-state index in [4.69, 9.17) is 10.7 Å². The van der Waals surface area contributed by atoms with Crippen LogP contribution in [0.25, 0.3) is 11.3 Å². The van der Waals surface area contributed by atoms with Crippen LogP contribution < -0.4 is 5.73 Å². The van der Waals surface area contributed by atoms with E-state index < -0.39 is 0 Å². The summed E-state index contributed by atoms with van der Waals surface area (Å²) in [7, 11) is 0. The van der Waals surface area contributed by atoms with E-state index in [2.05, 4.69) is 44.3 Å². The minimum atomic E-state index is 0.353. The van der Waals surface area contributed by atoms with Crippen LogP contribution in [0.4, 0.5) is 5.82 Å². The van der Waals surface area contributed by atoms with Crippen molar-refractivity contribution in [2.75, 3.05) is 5.73 Å². The Hall–Kier alpha value is -1.78. The molecule has 0 spiro atoms. The van der Waals surface area contributed by atoms with E-state index in [-0.39, 0.29) is 0 Å². The zero-order valence-electron chi connectivity index (χ0n) is 13.1. The van der Waals surface area contributed by atoms with Gasteiger partial charge in [-0.05, 0) is 12.8 Å². The highest BCUT2D eigenvalue weighted by Crippen LogP contribution is 2.29. The summed E-state index contributed by atoms with van der Waals surface area (Å²) in [5.74, 6) is 2.69. The maximum atomic E-state index is 6.34. The summed E-state index contributed by atoms with van der Waals surface area (Å²) in [4.78, 5) is 4.76. The van der Waals surface area contributed by atoms with Crippen LogP contribution >= 0.6 is 0 Å². The second kappa shape index (κ2) is 5.69. The van der Waals surface area contributed by atoms with Crippen LogP contribution in [0, 0.1) is 5.92 Å². The van der Waals surface area contributed by atoms with Crippen molar-refractivity contribution in [2.24, 2.45) is 5.92 Å². The zero-order chi connectivity index (χ0) is 14.9. The number of rotatable bonds is 5. The van der Waals surface area contributed by atoms with Crippen LogP contribution in [0.1, 0.15) is 46.4 Å². The first-order chi connectivity index (χ1) is 9.43. The van der Waals surface area contributed by atoms with Gasteiger partial charge in [0.25, 0.3) is 0 Å². The second-order valence-corrected chi connectivity index (χ2v) is 5.95. The van der Waals surface area contributed by atoms with Gasteiger partial charge in [0.15, 0.2) is 0 Å². The highest BCUT2D eigenvalue weighted by molar-refractivity contribution is 5.70. The van der Waals surface area contributed by atoms with Crippen LogP contribution in [0.2, 0.25) is 0 Å². The van der Waals surface area contributed by atoms with Gasteiger partial charge in [0.05, 0.1) is 6.20 Å². The van der Waals surface area contributed by atoms with Crippen LogP contribution in [0.3, 0.4) is 0 Å². The third-order valence-corrected chi connectivity index (χ3v) is 3.33. The highest BCUT2D eigenvalue weighted by atomic mass is 15.3. The number of anilines is 1. The predicted molar refractivity (Wildman–Crippen MR) is 82.5 cm³/mol. The van der Waals surface area contributed by atoms with Crippen LogP contribution in [0.5, 0.6) is 0 Å². The third-order valence-electron chi connectivity index (χ3n) is 3.33. The van der Waals surface area contributed by atoms with Crippen molar-refractivity contribution in [3.63, 3.8) is 0 Å². The van der Waals surface area contributed by atoms with Gasteiger partial charge in [0, 0.05) is 30.8 Å². The molecular formula is C15H25N5. The maximum absolute atomic E-state index is 6.34. The molecule has 0 amide bonds. The van der Waals surface area contributed by atoms with Crippen molar-refractivity contribution in [1.29, 1.82) is 0 Å². The smallest absolute Gasteiger partial charge is 0.131 e. The molecule has 0 aromatic carbocycles. The monoisotopic (exact) mass is 275 g/mol. The summed E-state index contributed by atoms with van der Waals surface area (Å²) in [6, 6.07) is 0.